The van der Waals surface area contributed by atoms with Crippen molar-refractivity contribution in [1.29, 1.82) is 0 Å². The van der Waals surface area contributed by atoms with E-state index in [0.29, 0.717) is 12.4 Å². The van der Waals surface area contributed by atoms with Crippen LogP contribution in [0.4, 0.5) is 9.59 Å². The van der Waals surface area contributed by atoms with Crippen LogP contribution in [-0.2, 0) is 19.1 Å². The fourth-order valence-electron chi connectivity index (χ4n) is 5.83. The minimum absolute atomic E-state index is 0.107. The topological polar surface area (TPSA) is 183 Å². The first kappa shape index (κ1) is 36.6. The van der Waals surface area contributed by atoms with Gasteiger partial charge in [0.2, 0.25) is 11.8 Å². The van der Waals surface area contributed by atoms with Crippen LogP contribution in [0.25, 0.3) is 30.9 Å². The molecular weight excluding hydrogens is 681 g/mol. The van der Waals surface area contributed by atoms with Crippen molar-refractivity contribution >= 4 is 46.7 Å². The van der Waals surface area contributed by atoms with Crippen molar-refractivity contribution in [3.8, 4) is 30.9 Å². The van der Waals surface area contributed by atoms with E-state index in [4.69, 9.17) is 4.74 Å². The van der Waals surface area contributed by atoms with Crippen LogP contribution in [0.1, 0.15) is 71.2 Å². The summed E-state index contributed by atoms with van der Waals surface area (Å²) >= 11 is 3.27. The highest BCUT2D eigenvalue weighted by Crippen LogP contribution is 2.40. The molecule has 1 aliphatic heterocycles. The molecule has 4 aromatic rings. The maximum Gasteiger partial charge on any atom is 0.407 e. The smallest absolute Gasteiger partial charge is 0.407 e. The van der Waals surface area contributed by atoms with E-state index in [1.807, 2.05) is 40.7 Å². The van der Waals surface area contributed by atoms with Gasteiger partial charge < -0.3 is 40.3 Å². The van der Waals surface area contributed by atoms with Crippen molar-refractivity contribution in [3.63, 3.8) is 0 Å². The number of aromatic nitrogens is 4. The first-order valence-electron chi connectivity index (χ1n) is 16.5. The normalized spacial score (nSPS) is 16.3. The van der Waals surface area contributed by atoms with Crippen LogP contribution in [0.2, 0.25) is 0 Å². The zero-order valence-electron chi connectivity index (χ0n) is 29.2. The summed E-state index contributed by atoms with van der Waals surface area (Å²) in [4.78, 5) is 72.0. The number of nitrogens with zero attached hydrogens (tertiary/aromatic N) is 3. The highest BCUT2D eigenvalue weighted by atomic mass is 32.1. The molecule has 5 rings (SSSR count). The van der Waals surface area contributed by atoms with Gasteiger partial charge in [-0.25, -0.2) is 19.6 Å². The number of thiophene rings is 2. The molecule has 1 saturated heterocycles. The molecule has 4 amide bonds. The second-order valence-corrected chi connectivity index (χ2v) is 15.0. The molecule has 14 nitrogen and oxygen atoms in total. The predicted octanol–water partition coefficient (Wildman–Crippen LogP) is 5.86. The zero-order valence-corrected chi connectivity index (χ0v) is 30.8. The van der Waals surface area contributed by atoms with Gasteiger partial charge in [-0.05, 0) is 55.9 Å². The molecule has 1 aliphatic rings. The highest BCUT2D eigenvalue weighted by molar-refractivity contribution is 7.25. The second-order valence-electron chi connectivity index (χ2n) is 12.8. The molecule has 4 aromatic heterocycles. The third-order valence-electron chi connectivity index (χ3n) is 8.60. The summed E-state index contributed by atoms with van der Waals surface area (Å²) in [6.45, 7) is 9.90. The molecule has 0 radical (unpaired) electrons. The Morgan fingerprint density at radius 1 is 0.780 bits per heavy atom. The maximum atomic E-state index is 13.5. The van der Waals surface area contributed by atoms with Crippen molar-refractivity contribution in [1.82, 2.24) is 40.8 Å². The molecule has 50 heavy (non-hydrogen) atoms. The van der Waals surface area contributed by atoms with Crippen LogP contribution >= 0.6 is 22.7 Å². The van der Waals surface area contributed by atoms with Gasteiger partial charge in [0.05, 0.1) is 59.8 Å². The Balaban J connectivity index is 1.24. The molecule has 16 heteroatoms. The second kappa shape index (κ2) is 15.9. The lowest BCUT2D eigenvalue weighted by Crippen LogP contribution is -2.51. The number of hydrogen-bond donors (Lipinski definition) is 5. The Labute approximate surface area is 298 Å². The molecule has 0 saturated carbocycles. The van der Waals surface area contributed by atoms with Crippen LogP contribution in [0, 0.1) is 11.8 Å². The average molecular weight is 725 g/mol. The minimum Gasteiger partial charge on any atom is -0.453 e. The van der Waals surface area contributed by atoms with E-state index in [1.54, 1.807) is 40.0 Å². The number of carbonyl (C=O) groups excluding carboxylic acids is 4. The van der Waals surface area contributed by atoms with E-state index in [0.717, 1.165) is 49.6 Å². The molecule has 0 aromatic carbocycles. The molecule has 5 heterocycles. The van der Waals surface area contributed by atoms with Gasteiger partial charge >= 0.3 is 12.2 Å². The molecule has 268 valence electrons. The van der Waals surface area contributed by atoms with Crippen molar-refractivity contribution in [2.45, 2.75) is 71.6 Å². The molecule has 5 N–H and O–H groups in total. The molecule has 4 atom stereocenters. The lowest BCUT2D eigenvalue weighted by atomic mass is 10.0. The molecule has 0 bridgehead atoms. The number of methoxy groups -OCH3 is 2. The van der Waals surface area contributed by atoms with Crippen molar-refractivity contribution in [2.75, 3.05) is 20.8 Å². The third-order valence-corrected chi connectivity index (χ3v) is 11.0. The van der Waals surface area contributed by atoms with E-state index in [2.05, 4.69) is 58.8 Å². The monoisotopic (exact) mass is 724 g/mol. The number of hydrogen-bond acceptors (Lipinski definition) is 10. The zero-order chi connectivity index (χ0) is 36.1. The first-order valence-corrected chi connectivity index (χ1v) is 18.1. The number of carbonyl (C=O) groups is 4. The van der Waals surface area contributed by atoms with Crippen molar-refractivity contribution in [3.05, 3.63) is 48.3 Å². The Morgan fingerprint density at radius 3 is 1.90 bits per heavy atom. The van der Waals surface area contributed by atoms with E-state index < -0.39 is 30.3 Å². The quantitative estimate of drug-likeness (QED) is 0.120. The number of aromatic amines is 2. The summed E-state index contributed by atoms with van der Waals surface area (Å²) < 4.78 is 9.40. The SMILES string of the molecule is COC(=O)N[C@H](C(=O)N[C@@H](C)c1ncc(-c2ccc(-c3ccc(-c4cnc([C@@H]5CCCN5C(=O)[C@@H](NC(=O)OC)C(C)C)[nH]4)s3)s2)[nH]1)C(C)C. The van der Waals surface area contributed by atoms with Crippen LogP contribution in [0.3, 0.4) is 0 Å². The number of ether oxygens (including phenoxy) is 2. The van der Waals surface area contributed by atoms with E-state index in [-0.39, 0.29) is 29.7 Å². The van der Waals surface area contributed by atoms with Crippen LogP contribution in [0.5, 0.6) is 0 Å². The predicted molar refractivity (Wildman–Crippen MR) is 191 cm³/mol. The fraction of sp³-hybridized carbons (Fsp3) is 0.471. The lowest BCUT2D eigenvalue weighted by Gasteiger charge is -2.30. The van der Waals surface area contributed by atoms with Crippen molar-refractivity contribution < 1.29 is 28.7 Å². The standard InChI is InChI=1S/C34H44N8O6S2/c1-17(2)27(40-33(45)47-6)31(43)37-19(5)29-35-15-20(38-29)23-10-12-25(49-23)26-13-11-24(50-26)21-16-36-30(39-21)22-9-8-14-42(22)32(44)28(18(3)4)41-34(46)48-7/h10-13,15-19,22,27-28H,8-9,14H2,1-7H3,(H,35,38)(H,36,39)(H,37,43)(H,40,45)(H,41,46)/t19-,22-,27-,28-/m0/s1. The number of imidazole rings is 2. The molecular formula is C34H44N8O6S2. The van der Waals surface area contributed by atoms with Gasteiger partial charge in [0, 0.05) is 16.3 Å². The molecule has 0 aliphatic carbocycles. The molecule has 0 unspecified atom stereocenters. The Hall–Kier alpha value is -4.70. The summed E-state index contributed by atoms with van der Waals surface area (Å²) in [5.41, 5.74) is 1.70. The van der Waals surface area contributed by atoms with Crippen LogP contribution in [-0.4, -0.2) is 81.7 Å². The summed E-state index contributed by atoms with van der Waals surface area (Å²) in [6, 6.07) is 6.18. The third kappa shape index (κ3) is 8.18. The maximum absolute atomic E-state index is 13.5. The van der Waals surface area contributed by atoms with Crippen LogP contribution in [0.15, 0.2) is 36.7 Å². The van der Waals surface area contributed by atoms with Gasteiger partial charge in [-0.2, -0.15) is 0 Å². The summed E-state index contributed by atoms with van der Waals surface area (Å²) in [7, 11) is 2.54. The minimum atomic E-state index is -0.746. The van der Waals surface area contributed by atoms with Gasteiger partial charge in [0.25, 0.3) is 0 Å². The number of likely N-dealkylation sites (tertiary alicyclic amines) is 1. The van der Waals surface area contributed by atoms with Gasteiger partial charge in [-0.15, -0.1) is 22.7 Å². The number of amides is 4. The number of rotatable bonds is 12. The van der Waals surface area contributed by atoms with Gasteiger partial charge in [0.1, 0.15) is 23.7 Å². The largest absolute Gasteiger partial charge is 0.453 e. The Kier molecular flexibility index (Phi) is 11.6. The number of nitrogens with one attached hydrogen (secondary N) is 5. The molecule has 1 fully saturated rings. The van der Waals surface area contributed by atoms with Gasteiger partial charge in [0.15, 0.2) is 0 Å². The van der Waals surface area contributed by atoms with Crippen molar-refractivity contribution in [2.24, 2.45) is 11.8 Å². The van der Waals surface area contributed by atoms with Gasteiger partial charge in [-0.1, -0.05) is 27.7 Å². The lowest BCUT2D eigenvalue weighted by molar-refractivity contribution is -0.135. The average Bonchev–Trinajstić information content (AvgIpc) is 3.93. The number of H-pyrrole nitrogens is 2. The summed E-state index contributed by atoms with van der Waals surface area (Å²) in [5, 5.41) is 8.19. The fourth-order valence-corrected chi connectivity index (χ4v) is 7.86. The van der Waals surface area contributed by atoms with E-state index in [9.17, 15) is 19.2 Å². The van der Waals surface area contributed by atoms with E-state index >= 15 is 0 Å². The van der Waals surface area contributed by atoms with Gasteiger partial charge in [-0.3, -0.25) is 9.59 Å². The molecule has 0 spiro atoms. The van der Waals surface area contributed by atoms with Crippen LogP contribution < -0.4 is 16.0 Å². The van der Waals surface area contributed by atoms with E-state index in [1.165, 1.54) is 14.2 Å². The highest BCUT2D eigenvalue weighted by Gasteiger charge is 2.37. The summed E-state index contributed by atoms with van der Waals surface area (Å²) in [6.07, 6.45) is 3.89. The number of alkyl carbamates (subject to hydrolysis) is 2. The first-order chi connectivity index (χ1) is 23.9. The Morgan fingerprint density at radius 2 is 1.32 bits per heavy atom. The Bertz CT molecular complexity index is 1810. The summed E-state index contributed by atoms with van der Waals surface area (Å²) in [5.74, 6) is 0.604.